The number of ether oxygens (including phenoxy) is 2. The maximum absolute atomic E-state index is 12.5. The molecule has 30 heavy (non-hydrogen) atoms. The van der Waals surface area contributed by atoms with E-state index in [1.807, 2.05) is 12.2 Å². The van der Waals surface area contributed by atoms with Crippen molar-refractivity contribution in [1.82, 2.24) is 9.97 Å². The van der Waals surface area contributed by atoms with Crippen LogP contribution in [0.5, 0.6) is 5.75 Å². The van der Waals surface area contributed by atoms with Crippen LogP contribution in [0, 0.1) is 0 Å². The lowest BCUT2D eigenvalue weighted by molar-refractivity contribution is -0.0509. The lowest BCUT2D eigenvalue weighted by Gasteiger charge is -2.36. The molecule has 0 spiro atoms. The van der Waals surface area contributed by atoms with Crippen LogP contribution in [0.1, 0.15) is 29.7 Å². The van der Waals surface area contributed by atoms with Gasteiger partial charge in [0.25, 0.3) is 0 Å². The minimum atomic E-state index is -2.96. The second-order valence-electron chi connectivity index (χ2n) is 7.08. The van der Waals surface area contributed by atoms with Gasteiger partial charge >= 0.3 is 6.61 Å². The Hall–Kier alpha value is -2.49. The molecule has 7 nitrogen and oxygen atoms in total. The van der Waals surface area contributed by atoms with Gasteiger partial charge < -0.3 is 24.8 Å². The zero-order chi connectivity index (χ0) is 21.3. The number of nitrogens with zero attached hydrogens (tertiary/aromatic N) is 3. The van der Waals surface area contributed by atoms with E-state index < -0.39 is 13.2 Å². The Kier molecular flexibility index (Phi) is 6.03. The highest BCUT2D eigenvalue weighted by molar-refractivity contribution is 6.28. The minimum absolute atomic E-state index is 0.0506. The number of rotatable bonds is 5. The first-order valence-electron chi connectivity index (χ1n) is 9.51. The van der Waals surface area contributed by atoms with Gasteiger partial charge in [-0.15, -0.1) is 0 Å². The third-order valence-corrected chi connectivity index (χ3v) is 5.28. The zero-order valence-corrected chi connectivity index (χ0v) is 16.9. The van der Waals surface area contributed by atoms with Crippen molar-refractivity contribution in [3.05, 3.63) is 46.2 Å². The van der Waals surface area contributed by atoms with E-state index in [0.717, 1.165) is 16.9 Å². The molecule has 1 unspecified atom stereocenters. The van der Waals surface area contributed by atoms with Crippen molar-refractivity contribution in [2.24, 2.45) is 0 Å². The van der Waals surface area contributed by atoms with E-state index in [2.05, 4.69) is 31.8 Å². The highest BCUT2D eigenvalue weighted by Gasteiger charge is 2.27. The van der Waals surface area contributed by atoms with E-state index in [9.17, 15) is 13.9 Å². The highest BCUT2D eigenvalue weighted by Crippen LogP contribution is 2.37. The third-order valence-electron chi connectivity index (χ3n) is 5.12. The van der Waals surface area contributed by atoms with Crippen molar-refractivity contribution < 1.29 is 23.4 Å². The number of fused-ring (bicyclic) bond motifs is 1. The summed E-state index contributed by atoms with van der Waals surface area (Å²) in [5.41, 5.74) is 1.86. The van der Waals surface area contributed by atoms with Gasteiger partial charge in [0.2, 0.25) is 5.28 Å². The van der Waals surface area contributed by atoms with Crippen molar-refractivity contribution >= 4 is 29.3 Å². The van der Waals surface area contributed by atoms with Gasteiger partial charge in [-0.3, -0.25) is 0 Å². The van der Waals surface area contributed by atoms with Crippen LogP contribution < -0.4 is 15.0 Å². The molecule has 2 N–H and O–H groups in total. The van der Waals surface area contributed by atoms with Crippen molar-refractivity contribution in [2.75, 3.05) is 30.0 Å². The summed E-state index contributed by atoms with van der Waals surface area (Å²) in [5.74, 6) is 1.26. The fourth-order valence-electron chi connectivity index (χ4n) is 3.66. The molecular weight excluding hydrogens is 418 g/mol. The number of aliphatic hydroxyl groups excluding tert-OH is 1. The monoisotopic (exact) mass is 438 g/mol. The molecule has 0 saturated carbocycles. The Labute approximate surface area is 177 Å². The minimum Gasteiger partial charge on any atom is -0.434 e. The summed E-state index contributed by atoms with van der Waals surface area (Å²) in [4.78, 5) is 10.9. The molecule has 0 aliphatic carbocycles. The van der Waals surface area contributed by atoms with Gasteiger partial charge in [0, 0.05) is 12.1 Å². The first kappa shape index (κ1) is 20.8. The summed E-state index contributed by atoms with van der Waals surface area (Å²) in [6.07, 6.45) is 3.85. The van der Waals surface area contributed by atoms with E-state index in [4.69, 9.17) is 16.3 Å². The molecule has 10 heteroatoms. The van der Waals surface area contributed by atoms with Gasteiger partial charge in [-0.05, 0) is 42.3 Å². The van der Waals surface area contributed by atoms with Gasteiger partial charge in [0.15, 0.2) is 0 Å². The molecule has 1 saturated heterocycles. The molecule has 2 aliphatic rings. The van der Waals surface area contributed by atoms with E-state index in [1.54, 1.807) is 12.1 Å². The van der Waals surface area contributed by atoms with Gasteiger partial charge in [-0.1, -0.05) is 12.1 Å². The molecule has 4 rings (SSSR count). The summed E-state index contributed by atoms with van der Waals surface area (Å²) in [7, 11) is 0. The molecule has 1 aromatic carbocycles. The van der Waals surface area contributed by atoms with Crippen LogP contribution in [0.3, 0.4) is 0 Å². The van der Waals surface area contributed by atoms with Crippen molar-refractivity contribution in [2.45, 2.75) is 32.2 Å². The molecule has 2 atom stereocenters. The number of benzene rings is 1. The van der Waals surface area contributed by atoms with E-state index in [-0.39, 0.29) is 28.7 Å². The fraction of sp³-hybridized carbons (Fsp3) is 0.400. The third kappa shape index (κ3) is 4.19. The van der Waals surface area contributed by atoms with Crippen LogP contribution in [-0.4, -0.2) is 47.5 Å². The number of morpholine rings is 1. The molecule has 160 valence electrons. The predicted octanol–water partition coefficient (Wildman–Crippen LogP) is 3.63. The fourth-order valence-corrected chi connectivity index (χ4v) is 3.83. The number of nitrogens with one attached hydrogen (secondary N) is 1. The molecule has 0 bridgehead atoms. The normalized spacial score (nSPS) is 20.8. The van der Waals surface area contributed by atoms with Gasteiger partial charge in [-0.2, -0.15) is 13.8 Å². The molecule has 2 aromatic rings. The molecule has 0 radical (unpaired) electrons. The van der Waals surface area contributed by atoms with Gasteiger partial charge in [0.1, 0.15) is 17.4 Å². The maximum Gasteiger partial charge on any atom is 0.387 e. The lowest BCUT2D eigenvalue weighted by Crippen LogP contribution is -2.44. The topological polar surface area (TPSA) is 79.7 Å². The quantitative estimate of drug-likeness (QED) is 0.690. The van der Waals surface area contributed by atoms with Crippen LogP contribution in [0.4, 0.5) is 20.4 Å². The number of anilines is 2. The number of aliphatic hydroxyl groups is 1. The summed E-state index contributed by atoms with van der Waals surface area (Å²) < 4.78 is 35.1. The van der Waals surface area contributed by atoms with Crippen LogP contribution in [0.2, 0.25) is 5.28 Å². The van der Waals surface area contributed by atoms with Crippen molar-refractivity contribution in [1.29, 1.82) is 0 Å². The highest BCUT2D eigenvalue weighted by atomic mass is 35.5. The number of halogens is 3. The van der Waals surface area contributed by atoms with Crippen LogP contribution >= 0.6 is 11.6 Å². The molecule has 0 amide bonds. The van der Waals surface area contributed by atoms with Crippen LogP contribution in [0.15, 0.2) is 24.3 Å². The number of alkyl halides is 2. The first-order chi connectivity index (χ1) is 14.5. The van der Waals surface area contributed by atoms with Crippen molar-refractivity contribution in [3.63, 3.8) is 0 Å². The lowest BCUT2D eigenvalue weighted by atomic mass is 9.99. The Morgan fingerprint density at radius 3 is 2.97 bits per heavy atom. The molecular formula is C20H21ClF2N4O3. The SMILES string of the molecule is C[C@H]1COCCN1c1nc(Cl)nc2c1C=CC(c1ccc(OC(F)F)c(CO)c1)N2. The Morgan fingerprint density at radius 2 is 2.23 bits per heavy atom. The molecule has 1 aromatic heterocycles. The largest absolute Gasteiger partial charge is 0.434 e. The summed E-state index contributed by atoms with van der Waals surface area (Å²) >= 11 is 6.19. The Balaban J connectivity index is 1.64. The van der Waals surface area contributed by atoms with E-state index >= 15 is 0 Å². The predicted molar refractivity (Wildman–Crippen MR) is 109 cm³/mol. The second-order valence-corrected chi connectivity index (χ2v) is 7.42. The molecule has 3 heterocycles. The Morgan fingerprint density at radius 1 is 1.40 bits per heavy atom. The zero-order valence-electron chi connectivity index (χ0n) is 16.2. The molecule has 2 aliphatic heterocycles. The summed E-state index contributed by atoms with van der Waals surface area (Å²) in [6, 6.07) is 4.57. The average molecular weight is 439 g/mol. The summed E-state index contributed by atoms with van der Waals surface area (Å²) in [6.45, 7) is 0.592. The van der Waals surface area contributed by atoms with Crippen LogP contribution in [-0.2, 0) is 11.3 Å². The number of hydrogen-bond acceptors (Lipinski definition) is 7. The smallest absolute Gasteiger partial charge is 0.387 e. The average Bonchev–Trinajstić information content (AvgIpc) is 2.73. The van der Waals surface area contributed by atoms with Crippen molar-refractivity contribution in [3.8, 4) is 5.75 Å². The van der Waals surface area contributed by atoms with E-state index in [1.165, 1.54) is 6.07 Å². The number of hydrogen-bond donors (Lipinski definition) is 2. The number of aromatic nitrogens is 2. The summed E-state index contributed by atoms with van der Waals surface area (Å²) in [5, 5.41) is 13.0. The van der Waals surface area contributed by atoms with E-state index in [0.29, 0.717) is 25.6 Å². The maximum atomic E-state index is 12.5. The van der Waals surface area contributed by atoms with Gasteiger partial charge in [-0.25, -0.2) is 4.98 Å². The standard InChI is InChI=1S/C20H21ClF2N4O3/c1-11-10-29-7-6-27(11)18-14-3-4-15(24-17(14)25-19(21)26-18)12-2-5-16(30-20(22)23)13(8-12)9-28/h2-5,8,11,15,20,28H,6-7,9-10H2,1H3,(H,24,25,26)/t11-,15?/m0/s1. The first-order valence-corrected chi connectivity index (χ1v) is 9.89. The second kappa shape index (κ2) is 8.71. The van der Waals surface area contributed by atoms with Gasteiger partial charge in [0.05, 0.1) is 37.5 Å². The Bertz CT molecular complexity index is 960. The van der Waals surface area contributed by atoms with Crippen LogP contribution in [0.25, 0.3) is 6.08 Å². The molecule has 1 fully saturated rings.